The van der Waals surface area contributed by atoms with Crippen LogP contribution in [0.1, 0.15) is 20.3 Å². The Hall–Kier alpha value is 0.560. The molecule has 2 N–H and O–H groups in total. The second-order valence-corrected chi connectivity index (χ2v) is 4.33. The topological polar surface area (TPSA) is 32.3 Å². The van der Waals surface area contributed by atoms with Gasteiger partial charge in [-0.2, -0.15) is 11.8 Å². The van der Waals surface area contributed by atoms with Crippen LogP contribution in [0.2, 0.25) is 0 Å². The summed E-state index contributed by atoms with van der Waals surface area (Å²) in [7, 11) is 1.00. The molecule has 2 nitrogen and oxygen atoms in total. The van der Waals surface area contributed by atoms with Crippen LogP contribution in [-0.2, 0) is 0 Å². The number of aliphatic hydroxyl groups is 1. The third-order valence-corrected chi connectivity index (χ3v) is 2.99. The summed E-state index contributed by atoms with van der Waals surface area (Å²) in [6.45, 7) is 6.47. The molecule has 1 atom stereocenters. The van der Waals surface area contributed by atoms with E-state index in [1.54, 1.807) is 0 Å². The van der Waals surface area contributed by atoms with Crippen molar-refractivity contribution in [2.75, 3.05) is 31.8 Å². The Kier molecular flexibility index (Phi) is 18.5. The van der Waals surface area contributed by atoms with E-state index in [2.05, 4.69) is 19.2 Å². The first kappa shape index (κ1) is 16.0. The molecule has 0 spiro atoms. The molecule has 0 amide bonds. The molecule has 0 saturated heterocycles. The summed E-state index contributed by atoms with van der Waals surface area (Å²) in [5, 5.41) is 11.1. The number of alkyl halides is 1. The zero-order chi connectivity index (χ0) is 10.5. The number of halogens is 1. The Bertz CT molecular complexity index is 86.0. The first-order valence-corrected chi connectivity index (χ1v) is 6.26. The lowest BCUT2D eigenvalue weighted by atomic mass is 10.3. The van der Waals surface area contributed by atoms with Crippen molar-refractivity contribution >= 4 is 23.4 Å². The zero-order valence-corrected chi connectivity index (χ0v) is 10.4. The standard InChI is InChI=1S/C8H18ClNS.CH4O/c1-3-8(11-4-2)7-10-6-5-9;1-2/h8,10H,3-7H2,1-2H3;2H,1H3. The van der Waals surface area contributed by atoms with E-state index in [0.29, 0.717) is 5.88 Å². The largest absolute Gasteiger partial charge is 0.400 e. The SMILES string of the molecule is CCSC(CC)CNCCCl.CO. The molecule has 1 unspecified atom stereocenters. The molecule has 0 rings (SSSR count). The van der Waals surface area contributed by atoms with Gasteiger partial charge >= 0.3 is 0 Å². The van der Waals surface area contributed by atoms with E-state index in [1.807, 2.05) is 11.8 Å². The molecule has 0 bridgehead atoms. The lowest BCUT2D eigenvalue weighted by molar-refractivity contribution is 0.399. The highest BCUT2D eigenvalue weighted by molar-refractivity contribution is 7.99. The highest BCUT2D eigenvalue weighted by Gasteiger charge is 2.03. The fraction of sp³-hybridized carbons (Fsp3) is 1.00. The molecule has 82 valence electrons. The molecule has 0 radical (unpaired) electrons. The maximum Gasteiger partial charge on any atom is 0.0348 e. The number of hydrogen-bond donors (Lipinski definition) is 2. The second kappa shape index (κ2) is 15.1. The minimum atomic E-state index is 0.716. The van der Waals surface area contributed by atoms with Gasteiger partial charge in [-0.3, -0.25) is 0 Å². The van der Waals surface area contributed by atoms with Crippen molar-refractivity contribution in [2.24, 2.45) is 0 Å². The van der Waals surface area contributed by atoms with Crippen LogP contribution in [0.15, 0.2) is 0 Å². The average Bonchev–Trinajstić information content (AvgIpc) is 2.20. The van der Waals surface area contributed by atoms with Gasteiger partial charge in [-0.05, 0) is 12.2 Å². The van der Waals surface area contributed by atoms with Crippen molar-refractivity contribution in [3.8, 4) is 0 Å². The first-order valence-electron chi connectivity index (χ1n) is 4.68. The van der Waals surface area contributed by atoms with E-state index in [4.69, 9.17) is 16.7 Å². The van der Waals surface area contributed by atoms with Gasteiger partial charge in [-0.1, -0.05) is 13.8 Å². The minimum Gasteiger partial charge on any atom is -0.400 e. The fourth-order valence-corrected chi connectivity index (χ4v) is 1.96. The van der Waals surface area contributed by atoms with Gasteiger partial charge in [0.2, 0.25) is 0 Å². The number of nitrogens with one attached hydrogen (secondary N) is 1. The van der Waals surface area contributed by atoms with Crippen molar-refractivity contribution in [1.29, 1.82) is 0 Å². The summed E-state index contributed by atoms with van der Waals surface area (Å²) in [5.74, 6) is 1.92. The molecule has 0 aliphatic carbocycles. The van der Waals surface area contributed by atoms with E-state index < -0.39 is 0 Å². The second-order valence-electron chi connectivity index (χ2n) is 2.38. The van der Waals surface area contributed by atoms with Gasteiger partial charge in [0.1, 0.15) is 0 Å². The molecule has 0 saturated carbocycles. The summed E-state index contributed by atoms with van der Waals surface area (Å²) in [5.41, 5.74) is 0. The number of rotatable bonds is 7. The quantitative estimate of drug-likeness (QED) is 0.515. The van der Waals surface area contributed by atoms with Crippen LogP contribution in [0.5, 0.6) is 0 Å². The van der Waals surface area contributed by atoms with Crippen LogP contribution in [0.25, 0.3) is 0 Å². The number of hydrogen-bond acceptors (Lipinski definition) is 3. The number of aliphatic hydroxyl groups excluding tert-OH is 1. The predicted molar refractivity (Wildman–Crippen MR) is 63.9 cm³/mol. The van der Waals surface area contributed by atoms with Crippen LogP contribution in [-0.4, -0.2) is 42.2 Å². The van der Waals surface area contributed by atoms with Crippen LogP contribution < -0.4 is 5.32 Å². The summed E-state index contributed by atoms with van der Waals surface area (Å²) in [6.07, 6.45) is 1.24. The smallest absolute Gasteiger partial charge is 0.0348 e. The molecular weight excluding hydrogens is 206 g/mol. The molecule has 0 aromatic carbocycles. The Balaban J connectivity index is 0. The average molecular weight is 228 g/mol. The van der Waals surface area contributed by atoms with Crippen LogP contribution >= 0.6 is 23.4 Å². The van der Waals surface area contributed by atoms with Crippen molar-refractivity contribution in [3.63, 3.8) is 0 Å². The molecule has 4 heteroatoms. The minimum absolute atomic E-state index is 0.716. The highest BCUT2D eigenvalue weighted by atomic mass is 35.5. The maximum atomic E-state index is 7.00. The van der Waals surface area contributed by atoms with Crippen molar-refractivity contribution < 1.29 is 5.11 Å². The molecule has 0 aliphatic rings. The van der Waals surface area contributed by atoms with E-state index in [-0.39, 0.29) is 0 Å². The van der Waals surface area contributed by atoms with Crippen molar-refractivity contribution in [3.05, 3.63) is 0 Å². The predicted octanol–water partition coefficient (Wildman–Crippen LogP) is 1.95. The lowest BCUT2D eigenvalue weighted by Crippen LogP contribution is -2.26. The molecule has 0 fully saturated rings. The fourth-order valence-electron chi connectivity index (χ4n) is 0.887. The third kappa shape index (κ3) is 12.6. The van der Waals surface area contributed by atoms with Gasteiger partial charge in [-0.15, -0.1) is 11.6 Å². The zero-order valence-electron chi connectivity index (χ0n) is 8.85. The molecule has 0 heterocycles. The lowest BCUT2D eigenvalue weighted by Gasteiger charge is -2.13. The van der Waals surface area contributed by atoms with E-state index >= 15 is 0 Å². The summed E-state index contributed by atoms with van der Waals surface area (Å²) in [4.78, 5) is 0. The Morgan fingerprint density at radius 1 is 1.38 bits per heavy atom. The Labute approximate surface area is 91.4 Å². The van der Waals surface area contributed by atoms with Gasteiger partial charge in [-0.25, -0.2) is 0 Å². The summed E-state index contributed by atoms with van der Waals surface area (Å²) >= 11 is 7.56. The first-order chi connectivity index (χ1) is 6.35. The van der Waals surface area contributed by atoms with Crippen LogP contribution in [0, 0.1) is 0 Å². The highest BCUT2D eigenvalue weighted by Crippen LogP contribution is 2.12. The van der Waals surface area contributed by atoms with E-state index in [0.717, 1.165) is 25.4 Å². The molecule has 13 heavy (non-hydrogen) atoms. The van der Waals surface area contributed by atoms with E-state index in [9.17, 15) is 0 Å². The van der Waals surface area contributed by atoms with Gasteiger partial charge in [0.25, 0.3) is 0 Å². The van der Waals surface area contributed by atoms with Crippen molar-refractivity contribution in [2.45, 2.75) is 25.5 Å². The molecular formula is C9H22ClNOS. The van der Waals surface area contributed by atoms with Gasteiger partial charge in [0.05, 0.1) is 0 Å². The summed E-state index contributed by atoms with van der Waals surface area (Å²) < 4.78 is 0. The monoisotopic (exact) mass is 227 g/mol. The Morgan fingerprint density at radius 2 is 2.00 bits per heavy atom. The van der Waals surface area contributed by atoms with Gasteiger partial charge < -0.3 is 10.4 Å². The van der Waals surface area contributed by atoms with Crippen LogP contribution in [0.3, 0.4) is 0 Å². The summed E-state index contributed by atoms with van der Waals surface area (Å²) in [6, 6.07) is 0. The molecule has 0 aromatic rings. The van der Waals surface area contributed by atoms with Gasteiger partial charge in [0, 0.05) is 31.3 Å². The molecule has 0 aromatic heterocycles. The maximum absolute atomic E-state index is 7.00. The number of thioether (sulfide) groups is 1. The third-order valence-electron chi connectivity index (χ3n) is 1.50. The van der Waals surface area contributed by atoms with Crippen molar-refractivity contribution in [1.82, 2.24) is 5.32 Å². The van der Waals surface area contributed by atoms with Gasteiger partial charge in [0.15, 0.2) is 0 Å². The Morgan fingerprint density at radius 3 is 2.38 bits per heavy atom. The molecule has 0 aliphatic heterocycles. The van der Waals surface area contributed by atoms with Crippen LogP contribution in [0.4, 0.5) is 0 Å². The van der Waals surface area contributed by atoms with E-state index in [1.165, 1.54) is 12.2 Å². The normalized spacial score (nSPS) is 11.8.